The summed E-state index contributed by atoms with van der Waals surface area (Å²) in [6, 6.07) is 11.1. The van der Waals surface area contributed by atoms with E-state index in [9.17, 15) is 4.79 Å². The standard InChI is InChI=1S/C19H23NO4/c1-13-11-15(6-8-16(13)22-2)19(21)20-10-9-14-5-7-17(23-3)18(12-14)24-4/h5-8,11-12H,9-10H2,1-4H3,(H,20,21). The molecule has 0 heterocycles. The van der Waals surface area contributed by atoms with E-state index < -0.39 is 0 Å². The quantitative estimate of drug-likeness (QED) is 0.848. The van der Waals surface area contributed by atoms with E-state index in [0.717, 1.165) is 16.9 Å². The summed E-state index contributed by atoms with van der Waals surface area (Å²) in [5, 5.41) is 2.93. The summed E-state index contributed by atoms with van der Waals surface area (Å²) in [6.45, 7) is 2.46. The zero-order valence-electron chi connectivity index (χ0n) is 14.5. The van der Waals surface area contributed by atoms with Gasteiger partial charge in [0.25, 0.3) is 5.91 Å². The predicted molar refractivity (Wildman–Crippen MR) is 93.3 cm³/mol. The zero-order chi connectivity index (χ0) is 17.5. The van der Waals surface area contributed by atoms with Crippen LogP contribution < -0.4 is 19.5 Å². The SMILES string of the molecule is COc1ccc(C(=O)NCCc2ccc(OC)c(OC)c2)cc1C. The normalized spacial score (nSPS) is 10.2. The van der Waals surface area contributed by atoms with E-state index in [1.165, 1.54) is 0 Å². The molecule has 24 heavy (non-hydrogen) atoms. The monoisotopic (exact) mass is 329 g/mol. The summed E-state index contributed by atoms with van der Waals surface area (Å²) in [5.74, 6) is 2.06. The fraction of sp³-hybridized carbons (Fsp3) is 0.316. The molecule has 1 amide bonds. The molecule has 0 radical (unpaired) electrons. The van der Waals surface area contributed by atoms with Gasteiger partial charge in [-0.15, -0.1) is 0 Å². The van der Waals surface area contributed by atoms with Crippen LogP contribution >= 0.6 is 0 Å². The van der Waals surface area contributed by atoms with Gasteiger partial charge in [-0.1, -0.05) is 6.07 Å². The van der Waals surface area contributed by atoms with Gasteiger partial charge >= 0.3 is 0 Å². The first kappa shape index (κ1) is 17.7. The lowest BCUT2D eigenvalue weighted by Crippen LogP contribution is -2.25. The topological polar surface area (TPSA) is 56.8 Å². The third-order valence-corrected chi connectivity index (χ3v) is 3.80. The van der Waals surface area contributed by atoms with E-state index in [4.69, 9.17) is 14.2 Å². The second-order valence-electron chi connectivity index (χ2n) is 5.38. The van der Waals surface area contributed by atoms with Crippen molar-refractivity contribution >= 4 is 5.91 Å². The number of nitrogens with one attached hydrogen (secondary N) is 1. The number of hydrogen-bond donors (Lipinski definition) is 1. The van der Waals surface area contributed by atoms with Crippen molar-refractivity contribution in [3.8, 4) is 17.2 Å². The van der Waals surface area contributed by atoms with E-state index in [1.54, 1.807) is 33.5 Å². The maximum absolute atomic E-state index is 12.2. The van der Waals surface area contributed by atoms with Crippen LogP contribution in [0.3, 0.4) is 0 Å². The average Bonchev–Trinajstić information content (AvgIpc) is 2.61. The second-order valence-corrected chi connectivity index (χ2v) is 5.38. The summed E-state index contributed by atoms with van der Waals surface area (Å²) in [4.78, 5) is 12.2. The first-order valence-electron chi connectivity index (χ1n) is 7.72. The molecule has 5 nitrogen and oxygen atoms in total. The molecule has 0 saturated carbocycles. The minimum absolute atomic E-state index is 0.0961. The summed E-state index contributed by atoms with van der Waals surface area (Å²) in [7, 11) is 4.83. The van der Waals surface area contributed by atoms with Gasteiger partial charge in [0.1, 0.15) is 5.75 Å². The van der Waals surface area contributed by atoms with Crippen molar-refractivity contribution in [3.05, 3.63) is 53.1 Å². The van der Waals surface area contributed by atoms with Crippen molar-refractivity contribution in [3.63, 3.8) is 0 Å². The Hall–Kier alpha value is -2.69. The average molecular weight is 329 g/mol. The van der Waals surface area contributed by atoms with Gasteiger partial charge in [0.15, 0.2) is 11.5 Å². The van der Waals surface area contributed by atoms with Crippen LogP contribution in [0.25, 0.3) is 0 Å². The molecule has 0 atom stereocenters. The van der Waals surface area contributed by atoms with Crippen LogP contribution in [-0.4, -0.2) is 33.8 Å². The summed E-state index contributed by atoms with van der Waals surface area (Å²) >= 11 is 0. The minimum Gasteiger partial charge on any atom is -0.496 e. The number of methoxy groups -OCH3 is 3. The minimum atomic E-state index is -0.0961. The summed E-state index contributed by atoms with van der Waals surface area (Å²) in [6.07, 6.45) is 0.710. The van der Waals surface area contributed by atoms with Crippen LogP contribution in [0.2, 0.25) is 0 Å². The third-order valence-electron chi connectivity index (χ3n) is 3.80. The van der Waals surface area contributed by atoms with Crippen molar-refractivity contribution in [1.82, 2.24) is 5.32 Å². The fourth-order valence-corrected chi connectivity index (χ4v) is 2.48. The highest BCUT2D eigenvalue weighted by Crippen LogP contribution is 2.27. The Kier molecular flexibility index (Phi) is 6.07. The first-order valence-corrected chi connectivity index (χ1v) is 7.72. The highest BCUT2D eigenvalue weighted by molar-refractivity contribution is 5.94. The Morgan fingerprint density at radius 2 is 1.58 bits per heavy atom. The number of benzene rings is 2. The van der Waals surface area contributed by atoms with Gasteiger partial charge in [-0.3, -0.25) is 4.79 Å². The highest BCUT2D eigenvalue weighted by Gasteiger charge is 2.08. The van der Waals surface area contributed by atoms with Crippen LogP contribution in [-0.2, 0) is 6.42 Å². The molecule has 0 saturated heterocycles. The number of ether oxygens (including phenoxy) is 3. The van der Waals surface area contributed by atoms with E-state index in [-0.39, 0.29) is 5.91 Å². The van der Waals surface area contributed by atoms with Gasteiger partial charge in [-0.25, -0.2) is 0 Å². The fourth-order valence-electron chi connectivity index (χ4n) is 2.48. The van der Waals surface area contributed by atoms with Crippen LogP contribution in [0.15, 0.2) is 36.4 Å². The largest absolute Gasteiger partial charge is 0.496 e. The van der Waals surface area contributed by atoms with Crippen LogP contribution in [0, 0.1) is 6.92 Å². The van der Waals surface area contributed by atoms with Crippen molar-refractivity contribution < 1.29 is 19.0 Å². The molecule has 2 aromatic rings. The molecule has 0 aromatic heterocycles. The van der Waals surface area contributed by atoms with E-state index in [1.807, 2.05) is 31.2 Å². The second kappa shape index (κ2) is 8.24. The molecule has 0 spiro atoms. The number of carbonyl (C=O) groups is 1. The molecular weight excluding hydrogens is 306 g/mol. The molecule has 0 bridgehead atoms. The number of amides is 1. The Morgan fingerprint density at radius 3 is 2.21 bits per heavy atom. The molecule has 2 rings (SSSR count). The molecule has 0 aliphatic carbocycles. The Morgan fingerprint density at radius 1 is 0.917 bits per heavy atom. The summed E-state index contributed by atoms with van der Waals surface area (Å²) < 4.78 is 15.7. The van der Waals surface area contributed by atoms with Gasteiger partial charge in [0.2, 0.25) is 0 Å². The predicted octanol–water partition coefficient (Wildman–Crippen LogP) is 2.99. The Bertz CT molecular complexity index is 713. The van der Waals surface area contributed by atoms with Crippen molar-refractivity contribution in [1.29, 1.82) is 0 Å². The van der Waals surface area contributed by atoms with Crippen molar-refractivity contribution in [2.24, 2.45) is 0 Å². The lowest BCUT2D eigenvalue weighted by Gasteiger charge is -2.11. The maximum Gasteiger partial charge on any atom is 0.251 e. The lowest BCUT2D eigenvalue weighted by molar-refractivity contribution is 0.0954. The highest BCUT2D eigenvalue weighted by atomic mass is 16.5. The smallest absolute Gasteiger partial charge is 0.251 e. The van der Waals surface area contributed by atoms with E-state index in [0.29, 0.717) is 30.0 Å². The molecule has 5 heteroatoms. The van der Waals surface area contributed by atoms with Gasteiger partial charge < -0.3 is 19.5 Å². The number of rotatable bonds is 7. The number of carbonyl (C=O) groups excluding carboxylic acids is 1. The first-order chi connectivity index (χ1) is 11.6. The zero-order valence-corrected chi connectivity index (χ0v) is 14.5. The number of hydrogen-bond acceptors (Lipinski definition) is 4. The molecule has 1 N–H and O–H groups in total. The summed E-state index contributed by atoms with van der Waals surface area (Å²) in [5.41, 5.74) is 2.63. The molecule has 0 unspecified atom stereocenters. The van der Waals surface area contributed by atoms with Gasteiger partial charge in [0.05, 0.1) is 21.3 Å². The van der Waals surface area contributed by atoms with Gasteiger partial charge in [-0.2, -0.15) is 0 Å². The third kappa shape index (κ3) is 4.19. The van der Waals surface area contributed by atoms with Crippen LogP contribution in [0.4, 0.5) is 0 Å². The van der Waals surface area contributed by atoms with Crippen molar-refractivity contribution in [2.45, 2.75) is 13.3 Å². The maximum atomic E-state index is 12.2. The molecule has 0 fully saturated rings. The van der Waals surface area contributed by atoms with Crippen molar-refractivity contribution in [2.75, 3.05) is 27.9 Å². The van der Waals surface area contributed by atoms with E-state index in [2.05, 4.69) is 5.32 Å². The van der Waals surface area contributed by atoms with Crippen LogP contribution in [0.1, 0.15) is 21.5 Å². The lowest BCUT2D eigenvalue weighted by atomic mass is 10.1. The Balaban J connectivity index is 1.94. The van der Waals surface area contributed by atoms with Gasteiger partial charge in [-0.05, 0) is 54.8 Å². The molecule has 0 aliphatic heterocycles. The number of aryl methyl sites for hydroxylation is 1. The molecule has 0 aliphatic rings. The van der Waals surface area contributed by atoms with Gasteiger partial charge in [0, 0.05) is 12.1 Å². The molecule has 128 valence electrons. The molecular formula is C19H23NO4. The molecule has 2 aromatic carbocycles. The Labute approximate surface area is 142 Å². The van der Waals surface area contributed by atoms with Crippen LogP contribution in [0.5, 0.6) is 17.2 Å². The van der Waals surface area contributed by atoms with E-state index >= 15 is 0 Å².